The van der Waals surface area contributed by atoms with Gasteiger partial charge in [-0.3, -0.25) is 9.59 Å². The van der Waals surface area contributed by atoms with Crippen LogP contribution in [-0.2, 0) is 9.59 Å². The Morgan fingerprint density at radius 1 is 1.17 bits per heavy atom. The zero-order valence-electron chi connectivity index (χ0n) is 12.9. The predicted octanol–water partition coefficient (Wildman–Crippen LogP) is 2.83. The number of hydrogen-bond donors (Lipinski definition) is 1. The smallest absolute Gasteiger partial charge is 0.244 e. The minimum absolute atomic E-state index is 0.212. The van der Waals surface area contributed by atoms with Crippen molar-refractivity contribution in [1.82, 2.24) is 0 Å². The highest BCUT2D eigenvalue weighted by Crippen LogP contribution is 2.18. The molecule has 2 aromatic rings. The van der Waals surface area contributed by atoms with Crippen molar-refractivity contribution in [2.75, 3.05) is 23.9 Å². The molecule has 0 aromatic heterocycles. The summed E-state index contributed by atoms with van der Waals surface area (Å²) < 4.78 is 18.4. The fourth-order valence-electron chi connectivity index (χ4n) is 2.07. The first-order chi connectivity index (χ1) is 11.0. The molecule has 0 saturated heterocycles. The van der Waals surface area contributed by atoms with Gasteiger partial charge in [0.25, 0.3) is 0 Å². The zero-order chi connectivity index (χ0) is 16.8. The van der Waals surface area contributed by atoms with Crippen LogP contribution in [0.3, 0.4) is 0 Å². The second kappa shape index (κ2) is 7.40. The van der Waals surface area contributed by atoms with Crippen LogP contribution in [-0.4, -0.2) is 25.5 Å². The van der Waals surface area contributed by atoms with Crippen LogP contribution in [0.1, 0.15) is 6.92 Å². The third-order valence-electron chi connectivity index (χ3n) is 3.16. The lowest BCUT2D eigenvalue weighted by molar-refractivity contribution is -0.120. The fourth-order valence-corrected chi connectivity index (χ4v) is 2.07. The first kappa shape index (κ1) is 16.5. The summed E-state index contributed by atoms with van der Waals surface area (Å²) in [6.07, 6.45) is 0. The molecule has 0 fully saturated rings. The van der Waals surface area contributed by atoms with Crippen LogP contribution in [0, 0.1) is 5.82 Å². The van der Waals surface area contributed by atoms with Crippen molar-refractivity contribution in [3.63, 3.8) is 0 Å². The Kier molecular flexibility index (Phi) is 5.30. The molecule has 0 unspecified atom stereocenters. The summed E-state index contributed by atoms with van der Waals surface area (Å²) in [5, 5.41) is 2.68. The highest BCUT2D eigenvalue weighted by atomic mass is 19.1. The molecule has 2 aromatic carbocycles. The molecule has 0 radical (unpaired) electrons. The Bertz CT molecular complexity index is 718. The molecule has 5 nitrogen and oxygen atoms in total. The van der Waals surface area contributed by atoms with Crippen LogP contribution in [0.5, 0.6) is 5.75 Å². The summed E-state index contributed by atoms with van der Waals surface area (Å²) in [6, 6.07) is 12.4. The summed E-state index contributed by atoms with van der Waals surface area (Å²) in [6.45, 7) is 1.11. The molecule has 0 atom stereocenters. The number of hydrogen-bond acceptors (Lipinski definition) is 3. The van der Waals surface area contributed by atoms with Gasteiger partial charge in [0.2, 0.25) is 11.8 Å². The lowest BCUT2D eigenvalue weighted by Gasteiger charge is -2.20. The van der Waals surface area contributed by atoms with Gasteiger partial charge in [-0.15, -0.1) is 0 Å². The van der Waals surface area contributed by atoms with Crippen molar-refractivity contribution in [3.05, 3.63) is 54.3 Å². The molecular formula is C17H17FN2O3. The molecule has 2 rings (SSSR count). The molecule has 1 N–H and O–H groups in total. The van der Waals surface area contributed by atoms with Crippen LogP contribution in [0.25, 0.3) is 0 Å². The summed E-state index contributed by atoms with van der Waals surface area (Å²) in [5.41, 5.74) is 0.885. The summed E-state index contributed by atoms with van der Waals surface area (Å²) in [4.78, 5) is 25.1. The maximum absolute atomic E-state index is 13.3. The largest absolute Gasteiger partial charge is 0.497 e. The Morgan fingerprint density at radius 2 is 1.91 bits per heavy atom. The molecule has 120 valence electrons. The Balaban J connectivity index is 2.10. The second-order valence-electron chi connectivity index (χ2n) is 4.87. The summed E-state index contributed by atoms with van der Waals surface area (Å²) in [7, 11) is 1.53. The van der Waals surface area contributed by atoms with E-state index in [0.717, 1.165) is 0 Å². The van der Waals surface area contributed by atoms with Crippen molar-refractivity contribution in [2.45, 2.75) is 6.92 Å². The van der Waals surface area contributed by atoms with Crippen LogP contribution < -0.4 is 15.0 Å². The third-order valence-corrected chi connectivity index (χ3v) is 3.16. The summed E-state index contributed by atoms with van der Waals surface area (Å²) >= 11 is 0. The van der Waals surface area contributed by atoms with E-state index in [2.05, 4.69) is 5.32 Å². The molecule has 0 aliphatic rings. The van der Waals surface area contributed by atoms with E-state index in [1.165, 1.54) is 37.1 Å². The maximum atomic E-state index is 13.3. The van der Waals surface area contributed by atoms with Gasteiger partial charge in [-0.05, 0) is 30.3 Å². The van der Waals surface area contributed by atoms with E-state index in [9.17, 15) is 14.0 Å². The molecule has 0 spiro atoms. The molecule has 6 heteroatoms. The molecule has 0 aliphatic heterocycles. The Morgan fingerprint density at radius 3 is 2.57 bits per heavy atom. The molecule has 0 saturated carbocycles. The standard InChI is InChI=1S/C17H17FN2O3/c1-12(21)20(15-7-3-5-13(18)9-15)11-17(22)19-14-6-4-8-16(10-14)23-2/h3-10H,11H2,1-2H3,(H,19,22). The van der Waals surface area contributed by atoms with Crippen molar-refractivity contribution < 1.29 is 18.7 Å². The van der Waals surface area contributed by atoms with Gasteiger partial charge in [0.05, 0.1) is 7.11 Å². The number of amides is 2. The lowest BCUT2D eigenvalue weighted by Crippen LogP contribution is -2.36. The molecule has 0 heterocycles. The molecule has 2 amide bonds. The zero-order valence-corrected chi connectivity index (χ0v) is 12.9. The highest BCUT2D eigenvalue weighted by molar-refractivity contribution is 6.01. The van der Waals surface area contributed by atoms with E-state index in [1.54, 1.807) is 30.3 Å². The van der Waals surface area contributed by atoms with E-state index in [1.807, 2.05) is 0 Å². The molecule has 0 bridgehead atoms. The number of nitrogens with one attached hydrogen (secondary N) is 1. The molecule has 23 heavy (non-hydrogen) atoms. The van der Waals surface area contributed by atoms with Gasteiger partial charge in [0, 0.05) is 24.4 Å². The summed E-state index contributed by atoms with van der Waals surface area (Å²) in [5.74, 6) is -0.604. The Hall–Kier alpha value is -2.89. The Labute approximate surface area is 133 Å². The van der Waals surface area contributed by atoms with Crippen molar-refractivity contribution >= 4 is 23.2 Å². The number of carbonyl (C=O) groups excluding carboxylic acids is 2. The number of ether oxygens (including phenoxy) is 1. The highest BCUT2D eigenvalue weighted by Gasteiger charge is 2.16. The van der Waals surface area contributed by atoms with Gasteiger partial charge >= 0.3 is 0 Å². The lowest BCUT2D eigenvalue weighted by atomic mass is 10.2. The van der Waals surface area contributed by atoms with Crippen molar-refractivity contribution in [1.29, 1.82) is 0 Å². The minimum atomic E-state index is -0.470. The number of methoxy groups -OCH3 is 1. The van der Waals surface area contributed by atoms with E-state index >= 15 is 0 Å². The van der Waals surface area contributed by atoms with Crippen molar-refractivity contribution in [2.24, 2.45) is 0 Å². The van der Waals surface area contributed by atoms with Crippen LogP contribution in [0.4, 0.5) is 15.8 Å². The number of carbonyl (C=O) groups is 2. The first-order valence-corrected chi connectivity index (χ1v) is 6.97. The minimum Gasteiger partial charge on any atom is -0.497 e. The van der Waals surface area contributed by atoms with Crippen LogP contribution >= 0.6 is 0 Å². The van der Waals surface area contributed by atoms with Gasteiger partial charge in [-0.2, -0.15) is 0 Å². The SMILES string of the molecule is COc1cccc(NC(=O)CN(C(C)=O)c2cccc(F)c2)c1. The van der Waals surface area contributed by atoms with Crippen molar-refractivity contribution in [3.8, 4) is 5.75 Å². The predicted molar refractivity (Wildman–Crippen MR) is 86.1 cm³/mol. The average molecular weight is 316 g/mol. The topological polar surface area (TPSA) is 58.6 Å². The van der Waals surface area contributed by atoms with Crippen LogP contribution in [0.15, 0.2) is 48.5 Å². The molecule has 0 aliphatic carbocycles. The quantitative estimate of drug-likeness (QED) is 0.923. The number of rotatable bonds is 5. The number of halogens is 1. The van der Waals surface area contributed by atoms with Gasteiger partial charge in [0.1, 0.15) is 18.1 Å². The van der Waals surface area contributed by atoms with Gasteiger partial charge in [-0.25, -0.2) is 4.39 Å². The maximum Gasteiger partial charge on any atom is 0.244 e. The third kappa shape index (κ3) is 4.54. The molecular weight excluding hydrogens is 299 g/mol. The fraction of sp³-hybridized carbons (Fsp3) is 0.176. The average Bonchev–Trinajstić information content (AvgIpc) is 2.52. The second-order valence-corrected chi connectivity index (χ2v) is 4.87. The monoisotopic (exact) mass is 316 g/mol. The first-order valence-electron chi connectivity index (χ1n) is 6.97. The number of anilines is 2. The normalized spacial score (nSPS) is 10.0. The van der Waals surface area contributed by atoms with Gasteiger partial charge in [0.15, 0.2) is 0 Å². The van der Waals surface area contributed by atoms with Crippen LogP contribution in [0.2, 0.25) is 0 Å². The van der Waals surface area contributed by atoms with Gasteiger partial charge in [-0.1, -0.05) is 12.1 Å². The number of nitrogens with zero attached hydrogens (tertiary/aromatic N) is 1. The van der Waals surface area contributed by atoms with E-state index in [4.69, 9.17) is 4.74 Å². The number of benzene rings is 2. The van der Waals surface area contributed by atoms with E-state index in [-0.39, 0.29) is 12.5 Å². The van der Waals surface area contributed by atoms with E-state index in [0.29, 0.717) is 17.1 Å². The van der Waals surface area contributed by atoms with E-state index < -0.39 is 11.7 Å². The van der Waals surface area contributed by atoms with Gasteiger partial charge < -0.3 is 15.0 Å².